The molecule has 1 fully saturated rings. The molecule has 2 heterocycles. The number of aromatic nitrogens is 3. The van der Waals surface area contributed by atoms with Crippen molar-refractivity contribution >= 4 is 15.7 Å². The van der Waals surface area contributed by atoms with E-state index in [9.17, 15) is 13.2 Å². The maximum atomic E-state index is 11.8. The monoisotopic (exact) mass is 286 g/mol. The predicted molar refractivity (Wildman–Crippen MR) is 69.5 cm³/mol. The summed E-state index contributed by atoms with van der Waals surface area (Å²) in [6.07, 6.45) is 2.93. The molecule has 1 unspecified atom stereocenters. The van der Waals surface area contributed by atoms with Crippen molar-refractivity contribution < 1.29 is 13.2 Å². The highest BCUT2D eigenvalue weighted by Crippen LogP contribution is 2.19. The van der Waals surface area contributed by atoms with Gasteiger partial charge < -0.3 is 5.32 Å². The lowest BCUT2D eigenvalue weighted by Gasteiger charge is -2.09. The Bertz CT molecular complexity index is 552. The predicted octanol–water partition coefficient (Wildman–Crippen LogP) is 0.0642. The van der Waals surface area contributed by atoms with Gasteiger partial charge in [-0.3, -0.25) is 9.89 Å². The molecular weight excluding hydrogens is 268 g/mol. The second kappa shape index (κ2) is 5.68. The zero-order valence-corrected chi connectivity index (χ0v) is 11.7. The maximum absolute atomic E-state index is 11.8. The lowest BCUT2D eigenvalue weighted by Crippen LogP contribution is -2.35. The summed E-state index contributed by atoms with van der Waals surface area (Å²) in [7, 11) is -3.03. The van der Waals surface area contributed by atoms with Crippen LogP contribution in [0.2, 0.25) is 0 Å². The van der Waals surface area contributed by atoms with Crippen molar-refractivity contribution in [2.75, 3.05) is 12.3 Å². The molecule has 8 heteroatoms. The topological polar surface area (TPSA) is 105 Å². The van der Waals surface area contributed by atoms with E-state index in [0.717, 1.165) is 12.8 Å². The molecule has 7 nitrogen and oxygen atoms in total. The molecule has 0 bridgehead atoms. The highest BCUT2D eigenvalue weighted by molar-refractivity contribution is 7.92. The van der Waals surface area contributed by atoms with Crippen LogP contribution < -0.4 is 5.32 Å². The van der Waals surface area contributed by atoms with Crippen LogP contribution in [-0.2, 0) is 16.3 Å². The fourth-order valence-corrected chi connectivity index (χ4v) is 3.88. The largest absolute Gasteiger partial charge is 0.348 e. The van der Waals surface area contributed by atoms with Crippen LogP contribution in [0, 0.1) is 0 Å². The fourth-order valence-electron chi connectivity index (χ4n) is 2.12. The molecular formula is C11H18N4O3S. The number of hydrogen-bond acceptors (Lipinski definition) is 5. The number of carbonyl (C=O) groups excluding carboxylic acids is 1. The molecule has 1 aliphatic rings. The second-order valence-corrected chi connectivity index (χ2v) is 7.10. The van der Waals surface area contributed by atoms with E-state index in [4.69, 9.17) is 0 Å². The minimum atomic E-state index is -3.03. The van der Waals surface area contributed by atoms with Crippen molar-refractivity contribution in [2.24, 2.45) is 0 Å². The number of carbonyl (C=O) groups is 1. The van der Waals surface area contributed by atoms with Crippen LogP contribution in [0.4, 0.5) is 0 Å². The van der Waals surface area contributed by atoms with Crippen molar-refractivity contribution in [3.8, 4) is 0 Å². The van der Waals surface area contributed by atoms with Crippen molar-refractivity contribution in [3.63, 3.8) is 0 Å². The van der Waals surface area contributed by atoms with E-state index in [0.29, 0.717) is 18.7 Å². The van der Waals surface area contributed by atoms with Gasteiger partial charge in [0.2, 0.25) is 5.82 Å². The summed E-state index contributed by atoms with van der Waals surface area (Å²) in [5.74, 6) is 0.523. The average molecular weight is 286 g/mol. The number of sulfone groups is 1. The lowest BCUT2D eigenvalue weighted by atomic mass is 10.2. The van der Waals surface area contributed by atoms with Crippen molar-refractivity contribution in [3.05, 3.63) is 11.6 Å². The van der Waals surface area contributed by atoms with Gasteiger partial charge in [-0.15, -0.1) is 5.10 Å². The molecule has 0 aromatic carbocycles. The molecule has 1 aromatic rings. The normalized spacial score (nSPS) is 21.4. The number of nitrogens with one attached hydrogen (secondary N) is 2. The van der Waals surface area contributed by atoms with E-state index in [1.165, 1.54) is 0 Å². The summed E-state index contributed by atoms with van der Waals surface area (Å²) in [6, 6.07) is 0. The van der Waals surface area contributed by atoms with E-state index in [1.54, 1.807) is 0 Å². The molecule has 1 aliphatic heterocycles. The summed E-state index contributed by atoms with van der Waals surface area (Å²) >= 11 is 0. The van der Waals surface area contributed by atoms with Gasteiger partial charge in [-0.25, -0.2) is 13.4 Å². The van der Waals surface area contributed by atoms with Gasteiger partial charge in [0.1, 0.15) is 5.82 Å². The van der Waals surface area contributed by atoms with Gasteiger partial charge in [0.25, 0.3) is 5.91 Å². The second-order valence-electron chi connectivity index (χ2n) is 4.70. The van der Waals surface area contributed by atoms with Gasteiger partial charge >= 0.3 is 0 Å². The van der Waals surface area contributed by atoms with Gasteiger partial charge in [0.15, 0.2) is 9.84 Å². The van der Waals surface area contributed by atoms with Crippen LogP contribution >= 0.6 is 0 Å². The first-order chi connectivity index (χ1) is 9.03. The van der Waals surface area contributed by atoms with Crippen LogP contribution in [0.5, 0.6) is 0 Å². The molecule has 2 rings (SSSR count). The number of aryl methyl sites for hydroxylation is 1. The minimum absolute atomic E-state index is 0.0684. The first-order valence-electron chi connectivity index (χ1n) is 6.44. The van der Waals surface area contributed by atoms with E-state index in [-0.39, 0.29) is 18.1 Å². The van der Waals surface area contributed by atoms with Crippen LogP contribution in [0.3, 0.4) is 0 Å². The average Bonchev–Trinajstić information content (AvgIpc) is 2.93. The highest BCUT2D eigenvalue weighted by atomic mass is 32.2. The highest BCUT2D eigenvalue weighted by Gasteiger charge is 2.31. The zero-order valence-electron chi connectivity index (χ0n) is 10.8. The molecule has 1 atom stereocenters. The lowest BCUT2D eigenvalue weighted by molar-refractivity contribution is 0.0943. The maximum Gasteiger partial charge on any atom is 0.290 e. The van der Waals surface area contributed by atoms with Gasteiger partial charge in [-0.2, -0.15) is 0 Å². The van der Waals surface area contributed by atoms with Crippen LogP contribution in [0.25, 0.3) is 0 Å². The third kappa shape index (κ3) is 3.31. The van der Waals surface area contributed by atoms with Gasteiger partial charge in [-0.1, -0.05) is 6.92 Å². The Balaban J connectivity index is 1.90. The number of aromatic amines is 1. The van der Waals surface area contributed by atoms with Gasteiger partial charge in [0.05, 0.1) is 11.0 Å². The first kappa shape index (κ1) is 14.0. The molecule has 0 saturated carbocycles. The Labute approximate surface area is 112 Å². The molecule has 2 N–H and O–H groups in total. The van der Waals surface area contributed by atoms with Crippen LogP contribution in [-0.4, -0.2) is 47.1 Å². The van der Waals surface area contributed by atoms with E-state index >= 15 is 0 Å². The van der Waals surface area contributed by atoms with Crippen LogP contribution in [0.15, 0.2) is 0 Å². The van der Waals surface area contributed by atoms with E-state index in [2.05, 4.69) is 20.5 Å². The Morgan fingerprint density at radius 3 is 2.95 bits per heavy atom. The third-order valence-corrected chi connectivity index (χ3v) is 5.45. The number of amides is 1. The van der Waals surface area contributed by atoms with Crippen molar-refractivity contribution in [1.82, 2.24) is 20.5 Å². The smallest absolute Gasteiger partial charge is 0.290 e. The van der Waals surface area contributed by atoms with Crippen molar-refractivity contribution in [2.45, 2.75) is 37.9 Å². The Morgan fingerprint density at radius 1 is 1.53 bits per heavy atom. The number of H-pyrrole nitrogens is 1. The van der Waals surface area contributed by atoms with E-state index < -0.39 is 21.0 Å². The Morgan fingerprint density at radius 2 is 2.32 bits per heavy atom. The number of hydrogen-bond donors (Lipinski definition) is 2. The quantitative estimate of drug-likeness (QED) is 0.796. The summed E-state index contributed by atoms with van der Waals surface area (Å²) in [4.78, 5) is 15.8. The molecule has 0 aliphatic carbocycles. The minimum Gasteiger partial charge on any atom is -0.348 e. The SMILES string of the molecule is CCCc1nc(C(=O)NCC2CCCS2(=O)=O)n[nH]1. The molecule has 0 radical (unpaired) electrons. The first-order valence-corrected chi connectivity index (χ1v) is 8.15. The summed E-state index contributed by atoms with van der Waals surface area (Å²) in [5.41, 5.74) is 0. The molecule has 1 saturated heterocycles. The summed E-state index contributed by atoms with van der Waals surface area (Å²) in [5, 5.41) is 8.63. The van der Waals surface area contributed by atoms with Crippen molar-refractivity contribution in [1.29, 1.82) is 0 Å². The molecule has 0 spiro atoms. The van der Waals surface area contributed by atoms with E-state index in [1.807, 2.05) is 6.92 Å². The molecule has 1 aromatic heterocycles. The number of nitrogens with zero attached hydrogens (tertiary/aromatic N) is 2. The Kier molecular flexibility index (Phi) is 4.18. The molecule has 19 heavy (non-hydrogen) atoms. The molecule has 1 amide bonds. The summed E-state index contributed by atoms with van der Waals surface area (Å²) < 4.78 is 23.2. The Hall–Kier alpha value is -1.44. The third-order valence-electron chi connectivity index (χ3n) is 3.17. The zero-order chi connectivity index (χ0) is 13.9. The van der Waals surface area contributed by atoms with Crippen LogP contribution in [0.1, 0.15) is 42.6 Å². The summed E-state index contributed by atoms with van der Waals surface area (Å²) in [6.45, 7) is 2.14. The van der Waals surface area contributed by atoms with Gasteiger partial charge in [0, 0.05) is 13.0 Å². The standard InChI is InChI=1S/C11H18N4O3S/c1-2-4-9-13-10(15-14-9)11(16)12-7-8-5-3-6-19(8,17)18/h8H,2-7H2,1H3,(H,12,16)(H,13,14,15). The molecule has 106 valence electrons. The fraction of sp³-hybridized carbons (Fsp3) is 0.727. The number of rotatable bonds is 5. The van der Waals surface area contributed by atoms with Gasteiger partial charge in [-0.05, 0) is 19.3 Å².